The van der Waals surface area contributed by atoms with Crippen molar-refractivity contribution < 1.29 is 13.6 Å². The fraction of sp³-hybridized carbons (Fsp3) is 0.350. The molecule has 1 saturated heterocycles. The van der Waals surface area contributed by atoms with Crippen LogP contribution >= 0.6 is 11.8 Å². The lowest BCUT2D eigenvalue weighted by molar-refractivity contribution is -0.130. The summed E-state index contributed by atoms with van der Waals surface area (Å²) in [5.74, 6) is -1.34. The largest absolute Gasteiger partial charge is 0.368 e. The summed E-state index contributed by atoms with van der Waals surface area (Å²) in [4.78, 5) is 16.8. The second-order valence-electron chi connectivity index (χ2n) is 6.31. The first-order valence-electron chi connectivity index (χ1n) is 8.69. The first-order valence-corrected chi connectivity index (χ1v) is 9.74. The van der Waals surface area contributed by atoms with Gasteiger partial charge in [-0.25, -0.2) is 8.78 Å². The predicted molar refractivity (Wildman–Crippen MR) is 102 cm³/mol. The highest BCUT2D eigenvalue weighted by atomic mass is 32.2. The van der Waals surface area contributed by atoms with E-state index in [4.69, 9.17) is 0 Å². The quantitative estimate of drug-likeness (QED) is 0.790. The van der Waals surface area contributed by atoms with E-state index >= 15 is 0 Å². The number of carbonyl (C=O) groups is 1. The molecule has 26 heavy (non-hydrogen) atoms. The maximum absolute atomic E-state index is 13.7. The van der Waals surface area contributed by atoms with Crippen LogP contribution in [0.1, 0.15) is 12.5 Å². The van der Waals surface area contributed by atoms with Gasteiger partial charge >= 0.3 is 0 Å². The van der Waals surface area contributed by atoms with Gasteiger partial charge in [0.1, 0.15) is 0 Å². The number of hydrogen-bond acceptors (Lipinski definition) is 3. The second-order valence-corrected chi connectivity index (χ2v) is 7.64. The van der Waals surface area contributed by atoms with Crippen LogP contribution in [0.3, 0.4) is 0 Å². The summed E-state index contributed by atoms with van der Waals surface area (Å²) in [5, 5.41) is -0.291. The molecule has 0 spiro atoms. The molecule has 0 saturated carbocycles. The number of anilines is 1. The molecule has 2 aromatic rings. The monoisotopic (exact) mass is 376 g/mol. The standard InChI is InChI=1S/C20H22F2N2OS/c1-15(26-14-16-6-5-9-18(21)19(16)22)20(25)24-12-10-23(11-13-24)17-7-3-2-4-8-17/h2-9,15H,10-14H2,1H3. The molecule has 1 aliphatic rings. The van der Waals surface area contributed by atoms with E-state index in [1.165, 1.54) is 23.5 Å². The summed E-state index contributed by atoms with van der Waals surface area (Å²) in [5.41, 5.74) is 1.46. The van der Waals surface area contributed by atoms with Crippen LogP contribution in [0.25, 0.3) is 0 Å². The molecule has 1 heterocycles. The molecule has 1 atom stereocenters. The predicted octanol–water partition coefficient (Wildman–Crippen LogP) is 3.94. The average Bonchev–Trinajstić information content (AvgIpc) is 2.69. The Labute approximate surface area is 157 Å². The van der Waals surface area contributed by atoms with Gasteiger partial charge in [0.25, 0.3) is 0 Å². The second kappa shape index (κ2) is 8.54. The maximum Gasteiger partial charge on any atom is 0.235 e. The molecule has 0 aromatic heterocycles. The molecule has 3 rings (SSSR count). The number of benzene rings is 2. The van der Waals surface area contributed by atoms with Gasteiger partial charge in [-0.15, -0.1) is 11.8 Å². The fourth-order valence-corrected chi connectivity index (χ4v) is 3.97. The molecule has 138 valence electrons. The third kappa shape index (κ3) is 4.36. The van der Waals surface area contributed by atoms with Gasteiger partial charge in [-0.05, 0) is 25.1 Å². The van der Waals surface area contributed by atoms with Crippen LogP contribution in [0.15, 0.2) is 48.5 Å². The number of halogens is 2. The van der Waals surface area contributed by atoms with Gasteiger partial charge in [-0.3, -0.25) is 4.79 Å². The SMILES string of the molecule is CC(SCc1cccc(F)c1F)C(=O)N1CCN(c2ccccc2)CC1. The summed E-state index contributed by atoms with van der Waals surface area (Å²) in [6.45, 7) is 4.77. The van der Waals surface area contributed by atoms with Crippen molar-refractivity contribution in [2.24, 2.45) is 0 Å². The van der Waals surface area contributed by atoms with E-state index in [1.54, 1.807) is 6.07 Å². The van der Waals surface area contributed by atoms with Crippen molar-refractivity contribution in [2.75, 3.05) is 31.1 Å². The summed E-state index contributed by atoms with van der Waals surface area (Å²) in [7, 11) is 0. The van der Waals surface area contributed by atoms with E-state index in [0.29, 0.717) is 18.7 Å². The maximum atomic E-state index is 13.7. The summed E-state index contributed by atoms with van der Waals surface area (Å²) in [6, 6.07) is 14.3. The van der Waals surface area contributed by atoms with Crippen LogP contribution in [-0.4, -0.2) is 42.2 Å². The molecule has 6 heteroatoms. The Morgan fingerprint density at radius 3 is 2.42 bits per heavy atom. The van der Waals surface area contributed by atoms with Crippen LogP contribution in [0.5, 0.6) is 0 Å². The van der Waals surface area contributed by atoms with Gasteiger partial charge in [0.15, 0.2) is 11.6 Å². The third-order valence-electron chi connectivity index (χ3n) is 4.58. The normalized spacial score (nSPS) is 15.8. The van der Waals surface area contributed by atoms with Gasteiger partial charge in [0, 0.05) is 43.2 Å². The highest BCUT2D eigenvalue weighted by Gasteiger charge is 2.25. The van der Waals surface area contributed by atoms with Crippen molar-refractivity contribution in [2.45, 2.75) is 17.9 Å². The first-order chi connectivity index (χ1) is 12.6. The Balaban J connectivity index is 1.51. The number of para-hydroxylation sites is 1. The lowest BCUT2D eigenvalue weighted by Gasteiger charge is -2.37. The van der Waals surface area contributed by atoms with E-state index in [9.17, 15) is 13.6 Å². The first kappa shape index (κ1) is 18.7. The van der Waals surface area contributed by atoms with Gasteiger partial charge in [-0.2, -0.15) is 0 Å². The smallest absolute Gasteiger partial charge is 0.235 e. The lowest BCUT2D eigenvalue weighted by atomic mass is 10.2. The summed E-state index contributed by atoms with van der Waals surface area (Å²) in [6.07, 6.45) is 0. The highest BCUT2D eigenvalue weighted by molar-refractivity contribution is 7.99. The van der Waals surface area contributed by atoms with Crippen molar-refractivity contribution >= 4 is 23.4 Å². The average molecular weight is 376 g/mol. The molecule has 0 aliphatic carbocycles. The Morgan fingerprint density at radius 2 is 1.73 bits per heavy atom. The van der Waals surface area contributed by atoms with Crippen LogP contribution in [0.4, 0.5) is 14.5 Å². The molecular formula is C20H22F2N2OS. The molecule has 0 radical (unpaired) electrons. The van der Waals surface area contributed by atoms with Gasteiger partial charge in [0.05, 0.1) is 5.25 Å². The van der Waals surface area contributed by atoms with Crippen molar-refractivity contribution in [3.8, 4) is 0 Å². The molecule has 3 nitrogen and oxygen atoms in total. The van der Waals surface area contributed by atoms with Crippen molar-refractivity contribution in [3.05, 3.63) is 65.7 Å². The van der Waals surface area contributed by atoms with E-state index < -0.39 is 11.6 Å². The molecular weight excluding hydrogens is 354 g/mol. The van der Waals surface area contributed by atoms with E-state index in [-0.39, 0.29) is 16.9 Å². The minimum Gasteiger partial charge on any atom is -0.368 e. The van der Waals surface area contributed by atoms with Gasteiger partial charge in [0.2, 0.25) is 5.91 Å². The number of hydrogen-bond donors (Lipinski definition) is 0. The van der Waals surface area contributed by atoms with E-state index in [2.05, 4.69) is 17.0 Å². The third-order valence-corrected chi connectivity index (χ3v) is 5.76. The van der Waals surface area contributed by atoms with Crippen molar-refractivity contribution in [3.63, 3.8) is 0 Å². The molecule has 0 N–H and O–H groups in total. The van der Waals surface area contributed by atoms with Gasteiger partial charge < -0.3 is 9.80 Å². The summed E-state index contributed by atoms with van der Waals surface area (Å²) >= 11 is 1.34. The zero-order valence-electron chi connectivity index (χ0n) is 14.7. The minimum atomic E-state index is -0.848. The molecule has 0 bridgehead atoms. The number of thioether (sulfide) groups is 1. The van der Waals surface area contributed by atoms with Crippen LogP contribution in [-0.2, 0) is 10.5 Å². The van der Waals surface area contributed by atoms with Crippen molar-refractivity contribution in [1.82, 2.24) is 4.90 Å². The topological polar surface area (TPSA) is 23.6 Å². The summed E-state index contributed by atoms with van der Waals surface area (Å²) < 4.78 is 27.0. The number of carbonyl (C=O) groups excluding carboxylic acids is 1. The zero-order valence-corrected chi connectivity index (χ0v) is 15.5. The number of piperazine rings is 1. The molecule has 1 amide bonds. The van der Waals surface area contributed by atoms with Crippen LogP contribution in [0, 0.1) is 11.6 Å². The van der Waals surface area contributed by atoms with E-state index in [1.807, 2.05) is 30.0 Å². The highest BCUT2D eigenvalue weighted by Crippen LogP contribution is 2.23. The van der Waals surface area contributed by atoms with Crippen LogP contribution < -0.4 is 4.90 Å². The number of rotatable bonds is 5. The zero-order chi connectivity index (χ0) is 18.5. The molecule has 1 unspecified atom stereocenters. The fourth-order valence-electron chi connectivity index (χ4n) is 3.03. The molecule has 1 fully saturated rings. The van der Waals surface area contributed by atoms with Crippen LogP contribution in [0.2, 0.25) is 0 Å². The van der Waals surface area contributed by atoms with Gasteiger partial charge in [-0.1, -0.05) is 30.3 Å². The Hall–Kier alpha value is -2.08. The molecule has 1 aliphatic heterocycles. The number of amides is 1. The Bertz CT molecular complexity index is 749. The van der Waals surface area contributed by atoms with E-state index in [0.717, 1.165) is 19.2 Å². The molecule has 2 aromatic carbocycles. The number of nitrogens with zero attached hydrogens (tertiary/aromatic N) is 2. The minimum absolute atomic E-state index is 0.0551. The lowest BCUT2D eigenvalue weighted by Crippen LogP contribution is -2.50. The van der Waals surface area contributed by atoms with Crippen molar-refractivity contribution in [1.29, 1.82) is 0 Å². The Kier molecular flexibility index (Phi) is 6.14. The Morgan fingerprint density at radius 1 is 1.04 bits per heavy atom.